The van der Waals surface area contributed by atoms with Crippen LogP contribution < -0.4 is 5.32 Å². The van der Waals surface area contributed by atoms with Crippen LogP contribution >= 0.6 is 23.1 Å². The molecule has 1 N–H and O–H groups in total. The first-order chi connectivity index (χ1) is 15.2. The van der Waals surface area contributed by atoms with E-state index in [-0.39, 0.29) is 11.8 Å². The summed E-state index contributed by atoms with van der Waals surface area (Å²) >= 11 is 3.11. The number of anilines is 1. The molecular weight excluding hydrogens is 422 g/mol. The summed E-state index contributed by atoms with van der Waals surface area (Å²) in [5, 5.41) is 15.8. The molecule has 4 rings (SSSR count). The van der Waals surface area contributed by atoms with Gasteiger partial charge in [0.2, 0.25) is 5.91 Å². The number of amides is 1. The van der Waals surface area contributed by atoms with E-state index in [2.05, 4.69) is 23.5 Å². The number of nitriles is 1. The van der Waals surface area contributed by atoms with E-state index in [1.807, 2.05) is 73.0 Å². The van der Waals surface area contributed by atoms with Crippen molar-refractivity contribution in [3.63, 3.8) is 0 Å². The van der Waals surface area contributed by atoms with E-state index >= 15 is 0 Å². The maximum atomic E-state index is 13.3. The standard InChI is InChI=1S/C25H21N3OS2/c1-17-22(24(29)28-19-11-6-3-7-12-19)23(21-13-8-14-30-21)20(15-26)25(27-17)31-16-18-9-4-2-5-10-18/h2-14,22-23H,16H2,1H3,(H,28,29)/t22?,23-/m1/s1. The Hall–Kier alpha value is -3.14. The van der Waals surface area contributed by atoms with Gasteiger partial charge >= 0.3 is 0 Å². The number of nitrogens with one attached hydrogen (secondary N) is 1. The van der Waals surface area contributed by atoms with Crippen LogP contribution in [0.2, 0.25) is 0 Å². The largest absolute Gasteiger partial charge is 0.325 e. The SMILES string of the molecule is CC1=NC(SCc2ccccc2)=C(C#N)[C@H](c2cccs2)C1C(=O)Nc1ccccc1. The Kier molecular flexibility index (Phi) is 6.66. The molecular formula is C25H21N3OS2. The van der Waals surface area contributed by atoms with Gasteiger partial charge in [-0.25, -0.2) is 4.99 Å². The lowest BCUT2D eigenvalue weighted by Gasteiger charge is -2.30. The van der Waals surface area contributed by atoms with Gasteiger partial charge in [0.25, 0.3) is 0 Å². The molecule has 2 aromatic carbocycles. The van der Waals surface area contributed by atoms with Crippen LogP contribution in [0.4, 0.5) is 5.69 Å². The fraction of sp³-hybridized carbons (Fsp3) is 0.160. The first kappa shape index (κ1) is 21.1. The van der Waals surface area contributed by atoms with Crippen LogP contribution in [-0.2, 0) is 10.5 Å². The minimum absolute atomic E-state index is 0.147. The van der Waals surface area contributed by atoms with Crippen LogP contribution in [0.1, 0.15) is 23.3 Å². The molecule has 6 heteroatoms. The van der Waals surface area contributed by atoms with E-state index < -0.39 is 5.92 Å². The van der Waals surface area contributed by atoms with E-state index in [4.69, 9.17) is 4.99 Å². The van der Waals surface area contributed by atoms with Gasteiger partial charge in [0, 0.05) is 27.9 Å². The number of hydrogen-bond acceptors (Lipinski definition) is 5. The number of thiophene rings is 1. The normalized spacial score (nSPS) is 18.3. The number of hydrogen-bond donors (Lipinski definition) is 1. The van der Waals surface area contributed by atoms with Crippen molar-refractivity contribution in [1.29, 1.82) is 5.26 Å². The molecule has 1 aliphatic heterocycles. The first-order valence-electron chi connectivity index (χ1n) is 9.93. The van der Waals surface area contributed by atoms with Crippen molar-refractivity contribution in [2.75, 3.05) is 5.32 Å². The smallest absolute Gasteiger partial charge is 0.234 e. The second-order valence-corrected chi connectivity index (χ2v) is 9.13. The zero-order valence-electron chi connectivity index (χ0n) is 17.0. The minimum Gasteiger partial charge on any atom is -0.325 e. The molecule has 4 nitrogen and oxygen atoms in total. The van der Waals surface area contributed by atoms with E-state index in [1.165, 1.54) is 5.56 Å². The lowest BCUT2D eigenvalue weighted by atomic mass is 9.80. The number of aliphatic imine (C=N–C) groups is 1. The molecule has 2 heterocycles. The number of allylic oxidation sites excluding steroid dienone is 1. The van der Waals surface area contributed by atoms with Gasteiger partial charge in [-0.1, -0.05) is 54.6 Å². The maximum absolute atomic E-state index is 13.3. The Labute approximate surface area is 190 Å². The number of nitrogens with zero attached hydrogens (tertiary/aromatic N) is 2. The van der Waals surface area contributed by atoms with Gasteiger partial charge in [0.1, 0.15) is 5.03 Å². The molecule has 3 aromatic rings. The average Bonchev–Trinajstić information content (AvgIpc) is 3.33. The van der Waals surface area contributed by atoms with E-state index in [9.17, 15) is 10.1 Å². The Morgan fingerprint density at radius 1 is 1.10 bits per heavy atom. The Balaban J connectivity index is 1.67. The number of carbonyl (C=O) groups is 1. The highest BCUT2D eigenvalue weighted by atomic mass is 32.2. The van der Waals surface area contributed by atoms with Crippen LogP contribution in [-0.4, -0.2) is 11.6 Å². The fourth-order valence-corrected chi connectivity index (χ4v) is 5.55. The summed E-state index contributed by atoms with van der Waals surface area (Å²) in [5.41, 5.74) is 3.18. The summed E-state index contributed by atoms with van der Waals surface area (Å²) in [7, 11) is 0. The number of carbonyl (C=O) groups excluding carboxylic acids is 1. The summed E-state index contributed by atoms with van der Waals surface area (Å²) in [6.07, 6.45) is 0. The first-order valence-corrected chi connectivity index (χ1v) is 11.8. The van der Waals surface area contributed by atoms with Gasteiger partial charge in [-0.3, -0.25) is 4.79 Å². The molecule has 0 radical (unpaired) electrons. The second kappa shape index (κ2) is 9.78. The van der Waals surface area contributed by atoms with Crippen LogP contribution in [0.15, 0.2) is 93.8 Å². The second-order valence-electron chi connectivity index (χ2n) is 7.18. The third-order valence-corrected chi connectivity index (χ3v) is 7.13. The van der Waals surface area contributed by atoms with Gasteiger partial charge in [-0.2, -0.15) is 5.26 Å². The van der Waals surface area contributed by atoms with Crippen LogP contribution in [0.5, 0.6) is 0 Å². The molecule has 1 aromatic heterocycles. The van der Waals surface area contributed by atoms with Crippen LogP contribution in [0, 0.1) is 17.2 Å². The van der Waals surface area contributed by atoms with Crippen LogP contribution in [0.25, 0.3) is 0 Å². The highest BCUT2D eigenvalue weighted by molar-refractivity contribution is 8.02. The lowest BCUT2D eigenvalue weighted by molar-refractivity contribution is -0.118. The molecule has 1 aliphatic rings. The number of thioether (sulfide) groups is 1. The minimum atomic E-state index is -0.533. The Morgan fingerprint density at radius 2 is 1.81 bits per heavy atom. The quantitative estimate of drug-likeness (QED) is 0.491. The Bertz CT molecular complexity index is 1150. The monoisotopic (exact) mass is 443 g/mol. The molecule has 0 aliphatic carbocycles. The molecule has 1 amide bonds. The average molecular weight is 444 g/mol. The van der Waals surface area contributed by atoms with Crippen molar-refractivity contribution >= 4 is 40.4 Å². The molecule has 0 bridgehead atoms. The molecule has 0 saturated carbocycles. The highest BCUT2D eigenvalue weighted by Gasteiger charge is 2.40. The molecule has 0 spiro atoms. The third kappa shape index (κ3) is 4.79. The van der Waals surface area contributed by atoms with Gasteiger partial charge in [0.15, 0.2) is 0 Å². The summed E-state index contributed by atoms with van der Waals surface area (Å²) in [6.45, 7) is 1.88. The van der Waals surface area contributed by atoms with Gasteiger partial charge in [-0.15, -0.1) is 23.1 Å². The van der Waals surface area contributed by atoms with E-state index in [0.29, 0.717) is 10.6 Å². The summed E-state index contributed by atoms with van der Waals surface area (Å²) in [5.74, 6) is -0.305. The van der Waals surface area contributed by atoms with E-state index in [1.54, 1.807) is 23.1 Å². The fourth-order valence-electron chi connectivity index (χ4n) is 3.64. The van der Waals surface area contributed by atoms with Gasteiger partial charge in [0.05, 0.1) is 17.6 Å². The van der Waals surface area contributed by atoms with Crippen molar-refractivity contribution in [3.05, 3.63) is 99.2 Å². The van der Waals surface area contributed by atoms with Gasteiger partial charge < -0.3 is 5.32 Å². The number of rotatable bonds is 6. The van der Waals surface area contributed by atoms with Crippen molar-refractivity contribution < 1.29 is 4.79 Å². The molecule has 31 heavy (non-hydrogen) atoms. The summed E-state index contributed by atoms with van der Waals surface area (Å²) in [6, 6.07) is 25.8. The molecule has 154 valence electrons. The predicted molar refractivity (Wildman–Crippen MR) is 129 cm³/mol. The summed E-state index contributed by atoms with van der Waals surface area (Å²) in [4.78, 5) is 19.0. The molecule has 2 atom stereocenters. The molecule has 0 saturated heterocycles. The zero-order chi connectivity index (χ0) is 21.6. The predicted octanol–water partition coefficient (Wildman–Crippen LogP) is 6.23. The molecule has 1 unspecified atom stereocenters. The zero-order valence-corrected chi connectivity index (χ0v) is 18.6. The summed E-state index contributed by atoms with van der Waals surface area (Å²) < 4.78 is 0. The topological polar surface area (TPSA) is 65.2 Å². The number of para-hydroxylation sites is 1. The Morgan fingerprint density at radius 3 is 2.45 bits per heavy atom. The number of benzene rings is 2. The maximum Gasteiger partial charge on any atom is 0.234 e. The van der Waals surface area contributed by atoms with Crippen molar-refractivity contribution in [2.24, 2.45) is 10.9 Å². The van der Waals surface area contributed by atoms with Crippen LogP contribution in [0.3, 0.4) is 0 Å². The highest BCUT2D eigenvalue weighted by Crippen LogP contribution is 2.44. The molecule has 0 fully saturated rings. The van der Waals surface area contributed by atoms with Crippen molar-refractivity contribution in [1.82, 2.24) is 0 Å². The third-order valence-electron chi connectivity index (χ3n) is 5.12. The van der Waals surface area contributed by atoms with Crippen molar-refractivity contribution in [3.8, 4) is 6.07 Å². The van der Waals surface area contributed by atoms with Crippen molar-refractivity contribution in [2.45, 2.75) is 18.6 Å². The van der Waals surface area contributed by atoms with E-state index in [0.717, 1.165) is 22.0 Å². The lowest BCUT2D eigenvalue weighted by Crippen LogP contribution is -2.36. The van der Waals surface area contributed by atoms with Gasteiger partial charge in [-0.05, 0) is 36.1 Å².